The molecule has 28 heavy (non-hydrogen) atoms. The lowest BCUT2D eigenvalue weighted by molar-refractivity contribution is 0.104. The molecule has 1 atom stereocenters. The van der Waals surface area contributed by atoms with Crippen LogP contribution in [0.1, 0.15) is 20.3 Å². The van der Waals surface area contributed by atoms with Crippen LogP contribution < -0.4 is 14.5 Å². The van der Waals surface area contributed by atoms with E-state index in [2.05, 4.69) is 23.7 Å². The van der Waals surface area contributed by atoms with Gasteiger partial charge in [-0.05, 0) is 13.3 Å². The molecule has 4 heterocycles. The summed E-state index contributed by atoms with van der Waals surface area (Å²) in [5.74, 6) is 1.55. The molecule has 0 aliphatic carbocycles. The number of fused-ring (bicyclic) bond motifs is 3. The summed E-state index contributed by atoms with van der Waals surface area (Å²) >= 11 is 1.56. The predicted molar refractivity (Wildman–Crippen MR) is 103 cm³/mol. The number of hydrogen-bond acceptors (Lipinski definition) is 6. The molecule has 1 saturated heterocycles. The average molecular weight is 412 g/mol. The van der Waals surface area contributed by atoms with Gasteiger partial charge in [0.2, 0.25) is 0 Å². The molecule has 0 aromatic carbocycles. The second-order valence-corrected chi connectivity index (χ2v) is 7.70. The number of aromatic nitrogens is 2. The fourth-order valence-electron chi connectivity index (χ4n) is 3.48. The zero-order valence-electron chi connectivity index (χ0n) is 15.7. The third-order valence-electron chi connectivity index (χ3n) is 4.87. The second-order valence-electron chi connectivity index (χ2n) is 6.67. The smallest absolute Gasteiger partial charge is 0.416 e. The molecule has 0 radical (unpaired) electrons. The van der Waals surface area contributed by atoms with E-state index in [-0.39, 0.29) is 12.4 Å². The Labute approximate surface area is 165 Å². The van der Waals surface area contributed by atoms with Gasteiger partial charge in [-0.1, -0.05) is 6.92 Å². The van der Waals surface area contributed by atoms with Crippen LogP contribution in [0.5, 0.6) is 5.75 Å². The highest BCUT2D eigenvalue weighted by atomic mass is 32.1. The molecule has 10 heteroatoms. The first-order valence-corrected chi connectivity index (χ1v) is 10.2. The zero-order valence-corrected chi connectivity index (χ0v) is 16.5. The molecule has 1 amide bonds. The number of rotatable bonds is 6. The molecule has 2 aliphatic heterocycles. The number of alkyl halides is 2. The van der Waals surface area contributed by atoms with E-state index in [1.165, 1.54) is 0 Å². The van der Waals surface area contributed by atoms with Crippen LogP contribution in [-0.4, -0.2) is 54.4 Å². The minimum Gasteiger partial charge on any atom is -0.490 e. The molecule has 4 rings (SSSR count). The SMILES string of the molecule is CCCN(CC)c1cc2c(s1)-c1nc(N3C(=O)OCC3C(F)F)cn1CCO2. The van der Waals surface area contributed by atoms with E-state index < -0.39 is 18.6 Å². The van der Waals surface area contributed by atoms with Gasteiger partial charge in [-0.25, -0.2) is 23.5 Å². The van der Waals surface area contributed by atoms with Crippen molar-refractivity contribution in [3.63, 3.8) is 0 Å². The summed E-state index contributed by atoms with van der Waals surface area (Å²) in [7, 11) is 0. The van der Waals surface area contributed by atoms with Crippen molar-refractivity contribution in [2.75, 3.05) is 36.1 Å². The molecule has 2 aliphatic rings. The third kappa shape index (κ3) is 3.19. The Bertz CT molecular complexity index is 869. The van der Waals surface area contributed by atoms with Crippen LogP contribution in [0.3, 0.4) is 0 Å². The fourth-order valence-corrected chi connectivity index (χ4v) is 4.68. The van der Waals surface area contributed by atoms with Crippen LogP contribution in [0.4, 0.5) is 24.4 Å². The molecule has 0 bridgehead atoms. The Balaban J connectivity index is 1.72. The van der Waals surface area contributed by atoms with Gasteiger partial charge in [0.25, 0.3) is 6.43 Å². The number of anilines is 2. The molecule has 1 fully saturated rings. The van der Waals surface area contributed by atoms with E-state index in [9.17, 15) is 13.6 Å². The van der Waals surface area contributed by atoms with Crippen molar-refractivity contribution in [3.05, 3.63) is 12.3 Å². The van der Waals surface area contributed by atoms with E-state index in [0.29, 0.717) is 19.0 Å². The summed E-state index contributed by atoms with van der Waals surface area (Å²) in [5, 5.41) is 1.08. The summed E-state index contributed by atoms with van der Waals surface area (Å²) in [6.07, 6.45) is -0.838. The summed E-state index contributed by atoms with van der Waals surface area (Å²) in [6, 6.07) is 0.691. The van der Waals surface area contributed by atoms with E-state index in [1.807, 2.05) is 10.6 Å². The van der Waals surface area contributed by atoms with Gasteiger partial charge in [0.15, 0.2) is 11.6 Å². The van der Waals surface area contributed by atoms with Gasteiger partial charge >= 0.3 is 6.09 Å². The summed E-state index contributed by atoms with van der Waals surface area (Å²) in [5.41, 5.74) is 0. The van der Waals surface area contributed by atoms with Gasteiger partial charge in [0, 0.05) is 25.4 Å². The minimum absolute atomic E-state index is 0.187. The van der Waals surface area contributed by atoms with Crippen molar-refractivity contribution in [3.8, 4) is 16.5 Å². The van der Waals surface area contributed by atoms with Crippen LogP contribution in [0.25, 0.3) is 10.7 Å². The van der Waals surface area contributed by atoms with Crippen LogP contribution in [0, 0.1) is 0 Å². The molecule has 7 nitrogen and oxygen atoms in total. The quantitative estimate of drug-likeness (QED) is 0.722. The van der Waals surface area contributed by atoms with E-state index >= 15 is 0 Å². The highest BCUT2D eigenvalue weighted by Gasteiger charge is 2.42. The van der Waals surface area contributed by atoms with Gasteiger partial charge in [-0.2, -0.15) is 0 Å². The number of cyclic esters (lactones) is 1. The van der Waals surface area contributed by atoms with E-state index in [1.54, 1.807) is 17.5 Å². The number of thiophene rings is 1. The lowest BCUT2D eigenvalue weighted by atomic mass is 10.3. The highest BCUT2D eigenvalue weighted by Crippen LogP contribution is 2.44. The largest absolute Gasteiger partial charge is 0.490 e. The van der Waals surface area contributed by atoms with Crippen LogP contribution >= 0.6 is 11.3 Å². The van der Waals surface area contributed by atoms with E-state index in [4.69, 9.17) is 9.47 Å². The number of carbonyl (C=O) groups excluding carboxylic acids is 1. The molecule has 0 spiro atoms. The van der Waals surface area contributed by atoms with Crippen molar-refractivity contribution in [1.29, 1.82) is 0 Å². The Morgan fingerprint density at radius 2 is 2.21 bits per heavy atom. The van der Waals surface area contributed by atoms with Crippen molar-refractivity contribution < 1.29 is 23.0 Å². The second kappa shape index (κ2) is 7.57. The number of imidazole rings is 1. The highest BCUT2D eigenvalue weighted by molar-refractivity contribution is 7.19. The molecule has 0 N–H and O–H groups in total. The summed E-state index contributed by atoms with van der Waals surface area (Å²) in [6.45, 7) is 6.67. The van der Waals surface area contributed by atoms with Gasteiger partial charge in [0.1, 0.15) is 29.9 Å². The Hall–Kier alpha value is -2.36. The van der Waals surface area contributed by atoms with Crippen molar-refractivity contribution in [1.82, 2.24) is 9.55 Å². The van der Waals surface area contributed by atoms with Crippen molar-refractivity contribution in [2.24, 2.45) is 0 Å². The fraction of sp³-hybridized carbons (Fsp3) is 0.556. The van der Waals surface area contributed by atoms with Crippen molar-refractivity contribution >= 4 is 28.2 Å². The van der Waals surface area contributed by atoms with Gasteiger partial charge in [0.05, 0.1) is 11.5 Å². The zero-order chi connectivity index (χ0) is 19.8. The lowest BCUT2D eigenvalue weighted by Gasteiger charge is -2.19. The topological polar surface area (TPSA) is 59.8 Å². The van der Waals surface area contributed by atoms with Gasteiger partial charge < -0.3 is 18.9 Å². The molecule has 2 aromatic rings. The lowest BCUT2D eigenvalue weighted by Crippen LogP contribution is -2.38. The Kier molecular flexibility index (Phi) is 5.13. The Morgan fingerprint density at radius 3 is 2.93 bits per heavy atom. The Morgan fingerprint density at radius 1 is 1.39 bits per heavy atom. The first kappa shape index (κ1) is 19.0. The third-order valence-corrected chi connectivity index (χ3v) is 6.05. The molecule has 2 aromatic heterocycles. The van der Waals surface area contributed by atoms with Crippen LogP contribution in [0.15, 0.2) is 12.3 Å². The van der Waals surface area contributed by atoms with E-state index in [0.717, 1.165) is 40.0 Å². The standard InChI is InChI=1S/C18H22F2N4O3S/c1-3-5-22(4-2)14-8-12-15(28-14)17-21-13(9-23(17)6-7-26-12)24-11(16(19)20)10-27-18(24)25/h8-9,11,16H,3-7,10H2,1-2H3. The maximum Gasteiger partial charge on any atom is 0.416 e. The normalized spacial score (nSPS) is 18.5. The molecule has 0 saturated carbocycles. The average Bonchev–Trinajstić information content (AvgIpc) is 3.34. The molecular formula is C18H22F2N4O3S. The monoisotopic (exact) mass is 412 g/mol. The van der Waals surface area contributed by atoms with Gasteiger partial charge in [-0.3, -0.25) is 0 Å². The van der Waals surface area contributed by atoms with Gasteiger partial charge in [-0.15, -0.1) is 11.3 Å². The first-order chi connectivity index (χ1) is 13.5. The van der Waals surface area contributed by atoms with Crippen LogP contribution in [-0.2, 0) is 11.3 Å². The summed E-state index contributed by atoms with van der Waals surface area (Å²) in [4.78, 5) is 20.6. The molecule has 152 valence electrons. The molecular weight excluding hydrogens is 390 g/mol. The number of halogens is 2. The number of ether oxygens (including phenoxy) is 2. The predicted octanol–water partition coefficient (Wildman–Crippen LogP) is 3.83. The van der Waals surface area contributed by atoms with Crippen molar-refractivity contribution in [2.45, 2.75) is 39.3 Å². The minimum atomic E-state index is -2.70. The number of carbonyl (C=O) groups is 1. The summed E-state index contributed by atoms with van der Waals surface area (Å²) < 4.78 is 39.2. The number of amides is 1. The van der Waals surface area contributed by atoms with Crippen LogP contribution in [0.2, 0.25) is 0 Å². The first-order valence-electron chi connectivity index (χ1n) is 9.36. The molecule has 1 unspecified atom stereocenters. The number of nitrogens with zero attached hydrogens (tertiary/aromatic N) is 4. The maximum atomic E-state index is 13.3. The maximum absolute atomic E-state index is 13.3. The number of hydrogen-bond donors (Lipinski definition) is 0.